The number of fused-ring (bicyclic) bond motifs is 1. The normalized spacial score (nSPS) is 11.2. The van der Waals surface area contributed by atoms with Crippen molar-refractivity contribution in [1.82, 2.24) is 10.3 Å². The van der Waals surface area contributed by atoms with Crippen LogP contribution in [0.4, 0.5) is 22.0 Å². The summed E-state index contributed by atoms with van der Waals surface area (Å²) >= 11 is 0. The number of aliphatic hydroxyl groups excluding tert-OH is 1. The average Bonchev–Trinajstić information content (AvgIpc) is 3.23. The smallest absolute Gasteiger partial charge is 0.412 e. The average molecular weight is 527 g/mol. The quantitative estimate of drug-likeness (QED) is 0.297. The first-order valence-electron chi connectivity index (χ1n) is 11.2. The zero-order chi connectivity index (χ0) is 26.6. The van der Waals surface area contributed by atoms with Gasteiger partial charge in [0.15, 0.2) is 11.5 Å². The molecule has 1 amide bonds. The molecule has 0 bridgehead atoms. The number of pyridine rings is 1. The Morgan fingerprint density at radius 1 is 1.16 bits per heavy atom. The highest BCUT2D eigenvalue weighted by Crippen LogP contribution is 2.45. The van der Waals surface area contributed by atoms with Crippen LogP contribution in [0.3, 0.4) is 0 Å². The summed E-state index contributed by atoms with van der Waals surface area (Å²) in [7, 11) is -0.929. The molecule has 194 valence electrons. The number of hydrogen-bond acceptors (Lipinski definition) is 9. The fraction of sp³-hybridized carbons (Fsp3) is 0.200. The van der Waals surface area contributed by atoms with Crippen LogP contribution in [0.15, 0.2) is 65.2 Å². The van der Waals surface area contributed by atoms with Crippen molar-refractivity contribution < 1.29 is 32.2 Å². The summed E-state index contributed by atoms with van der Waals surface area (Å²) in [5, 5.41) is 15.4. The molecule has 4 rings (SSSR count). The van der Waals surface area contributed by atoms with Crippen LogP contribution in [0.25, 0.3) is 22.3 Å². The zero-order valence-electron chi connectivity index (χ0n) is 20.4. The van der Waals surface area contributed by atoms with Crippen LogP contribution < -0.4 is 24.4 Å². The number of aromatic nitrogens is 1. The van der Waals surface area contributed by atoms with Gasteiger partial charge in [0, 0.05) is 30.6 Å². The number of aliphatic hydroxyl groups is 1. The van der Waals surface area contributed by atoms with Crippen molar-refractivity contribution in [1.29, 1.82) is 0 Å². The van der Waals surface area contributed by atoms with Gasteiger partial charge in [-0.25, -0.2) is 18.2 Å². The lowest BCUT2D eigenvalue weighted by Crippen LogP contribution is -2.32. The van der Waals surface area contributed by atoms with Crippen molar-refractivity contribution in [3.63, 3.8) is 0 Å². The Kier molecular flexibility index (Phi) is 7.50. The van der Waals surface area contributed by atoms with Gasteiger partial charge in [-0.2, -0.15) is 0 Å². The van der Waals surface area contributed by atoms with Crippen molar-refractivity contribution >= 4 is 44.3 Å². The minimum Gasteiger partial charge on any atom is -0.495 e. The summed E-state index contributed by atoms with van der Waals surface area (Å²) in [6, 6.07) is 15.7. The number of sulfonamides is 1. The molecule has 3 N–H and O–H groups in total. The van der Waals surface area contributed by atoms with Gasteiger partial charge < -0.3 is 29.6 Å². The highest BCUT2D eigenvalue weighted by atomic mass is 32.2. The van der Waals surface area contributed by atoms with Crippen LogP contribution in [0.2, 0.25) is 0 Å². The zero-order valence-corrected chi connectivity index (χ0v) is 21.2. The number of methoxy groups -OCH3 is 1. The molecule has 0 saturated carbocycles. The van der Waals surface area contributed by atoms with Gasteiger partial charge in [0.25, 0.3) is 0 Å². The van der Waals surface area contributed by atoms with Crippen LogP contribution in [-0.4, -0.2) is 58.2 Å². The van der Waals surface area contributed by atoms with Crippen LogP contribution in [0, 0.1) is 0 Å². The molecule has 11 nitrogen and oxygen atoms in total. The largest absolute Gasteiger partial charge is 0.495 e. The van der Waals surface area contributed by atoms with Gasteiger partial charge in [-0.05, 0) is 42.5 Å². The predicted octanol–water partition coefficient (Wildman–Crippen LogP) is 3.72. The Balaban J connectivity index is 1.83. The second-order valence-electron chi connectivity index (χ2n) is 7.90. The molecule has 4 aromatic rings. The van der Waals surface area contributed by atoms with E-state index in [2.05, 4.69) is 15.6 Å². The number of ether oxygens (including phenoxy) is 2. The highest BCUT2D eigenvalue weighted by Gasteiger charge is 2.26. The molecule has 37 heavy (non-hydrogen) atoms. The van der Waals surface area contributed by atoms with E-state index < -0.39 is 22.7 Å². The summed E-state index contributed by atoms with van der Waals surface area (Å²) < 4.78 is 42.9. The minimum absolute atomic E-state index is 0.137. The summed E-state index contributed by atoms with van der Waals surface area (Å²) in [6.07, 6.45) is 2.00. The van der Waals surface area contributed by atoms with Crippen LogP contribution in [0.5, 0.6) is 11.5 Å². The number of nitrogens with zero attached hydrogens (tertiary/aromatic N) is 2. The molecule has 0 unspecified atom stereocenters. The number of benzene rings is 2. The Labute approximate surface area is 213 Å². The van der Waals surface area contributed by atoms with Gasteiger partial charge in [-0.1, -0.05) is 6.07 Å². The van der Waals surface area contributed by atoms with Crippen LogP contribution in [0.1, 0.15) is 0 Å². The second kappa shape index (κ2) is 10.8. The van der Waals surface area contributed by atoms with Crippen molar-refractivity contribution in [2.45, 2.75) is 0 Å². The van der Waals surface area contributed by atoms with E-state index >= 15 is 0 Å². The second-order valence-corrected chi connectivity index (χ2v) is 9.80. The topological polar surface area (TPSA) is 143 Å². The number of anilines is 3. The standard InChI is InChI=1S/C25H26N4O7S/c1-26-25(31)36-24-18-14-21(34-2)19(29(12-13-30)37(3,32)33)15-20(18)35-23(24)16-7-9-17(10-8-16)28-22-6-4-5-11-27-22/h4-11,14-15,30H,12-13H2,1-3H3,(H,26,31)(H,27,28). The first-order chi connectivity index (χ1) is 17.7. The molecule has 2 aromatic heterocycles. The number of carbonyl (C=O) groups is 1. The molecule has 2 heterocycles. The van der Waals surface area contributed by atoms with Crippen molar-refractivity contribution in [2.24, 2.45) is 0 Å². The van der Waals surface area contributed by atoms with E-state index in [4.69, 9.17) is 13.9 Å². The lowest BCUT2D eigenvalue weighted by molar-refractivity contribution is 0.203. The number of furan rings is 1. The Hall–Kier alpha value is -4.29. The molecular formula is C25H26N4O7S. The fourth-order valence-corrected chi connectivity index (χ4v) is 4.64. The Morgan fingerprint density at radius 3 is 2.51 bits per heavy atom. The molecule has 2 aromatic carbocycles. The van der Waals surface area contributed by atoms with Gasteiger partial charge in [-0.3, -0.25) is 4.31 Å². The monoisotopic (exact) mass is 526 g/mol. The van der Waals surface area contributed by atoms with Crippen LogP contribution >= 0.6 is 0 Å². The maximum atomic E-state index is 12.4. The first-order valence-corrected chi connectivity index (χ1v) is 13.0. The molecule has 0 aliphatic carbocycles. The van der Waals surface area contributed by atoms with E-state index in [-0.39, 0.29) is 35.1 Å². The molecule has 0 radical (unpaired) electrons. The predicted molar refractivity (Wildman–Crippen MR) is 140 cm³/mol. The summed E-state index contributed by atoms with van der Waals surface area (Å²) in [5.41, 5.74) is 1.82. The molecule has 0 spiro atoms. The number of rotatable bonds is 9. The Bertz CT molecular complexity index is 1500. The third-order valence-corrected chi connectivity index (χ3v) is 6.58. The molecule has 0 aliphatic heterocycles. The van der Waals surface area contributed by atoms with Gasteiger partial charge in [0.1, 0.15) is 17.2 Å². The summed E-state index contributed by atoms with van der Waals surface area (Å²) in [4.78, 5) is 16.4. The Morgan fingerprint density at radius 2 is 1.92 bits per heavy atom. The lowest BCUT2D eigenvalue weighted by atomic mass is 10.1. The number of nitrogens with one attached hydrogen (secondary N) is 2. The summed E-state index contributed by atoms with van der Waals surface area (Å²) in [6.45, 7) is -0.581. The van der Waals surface area contributed by atoms with Gasteiger partial charge in [0.05, 0.1) is 37.6 Å². The van der Waals surface area contributed by atoms with E-state index in [1.807, 2.05) is 30.3 Å². The van der Waals surface area contributed by atoms with E-state index in [1.165, 1.54) is 26.3 Å². The SMILES string of the molecule is CNC(=O)Oc1c(-c2ccc(Nc3ccccn3)cc2)oc2cc(N(CCO)S(C)(=O)=O)c(OC)cc12. The third kappa shape index (κ3) is 5.60. The van der Waals surface area contributed by atoms with E-state index in [1.54, 1.807) is 18.3 Å². The molecule has 0 aliphatic rings. The molecule has 0 saturated heterocycles. The van der Waals surface area contributed by atoms with Crippen molar-refractivity contribution in [3.8, 4) is 22.8 Å². The fourth-order valence-electron chi connectivity index (χ4n) is 3.73. The van der Waals surface area contributed by atoms with Crippen molar-refractivity contribution in [2.75, 3.05) is 43.2 Å². The number of carbonyl (C=O) groups excluding carboxylic acids is 1. The van der Waals surface area contributed by atoms with E-state index in [9.17, 15) is 18.3 Å². The first kappa shape index (κ1) is 25.8. The van der Waals surface area contributed by atoms with Gasteiger partial charge in [-0.15, -0.1) is 0 Å². The van der Waals surface area contributed by atoms with E-state index in [0.717, 1.165) is 16.2 Å². The van der Waals surface area contributed by atoms with Gasteiger partial charge >= 0.3 is 6.09 Å². The summed E-state index contributed by atoms with van der Waals surface area (Å²) in [5.74, 6) is 1.27. The molecule has 0 atom stereocenters. The molecular weight excluding hydrogens is 500 g/mol. The minimum atomic E-state index is -3.75. The number of hydrogen-bond donors (Lipinski definition) is 3. The maximum absolute atomic E-state index is 12.4. The third-order valence-electron chi connectivity index (χ3n) is 5.40. The number of amides is 1. The maximum Gasteiger partial charge on any atom is 0.412 e. The molecule has 12 heteroatoms. The van der Waals surface area contributed by atoms with Crippen LogP contribution in [-0.2, 0) is 10.0 Å². The van der Waals surface area contributed by atoms with Crippen molar-refractivity contribution in [3.05, 3.63) is 60.8 Å². The van der Waals surface area contributed by atoms with Gasteiger partial charge in [0.2, 0.25) is 10.0 Å². The van der Waals surface area contributed by atoms with E-state index in [0.29, 0.717) is 16.8 Å². The lowest BCUT2D eigenvalue weighted by Gasteiger charge is -2.23. The highest BCUT2D eigenvalue weighted by molar-refractivity contribution is 7.92. The molecule has 0 fully saturated rings.